The molecule has 0 amide bonds. The van der Waals surface area contributed by atoms with Crippen LogP contribution >= 0.6 is 0 Å². The van der Waals surface area contributed by atoms with E-state index in [1.54, 1.807) is 7.11 Å². The second-order valence-electron chi connectivity index (χ2n) is 6.97. The zero-order valence-electron chi connectivity index (χ0n) is 21.2. The Morgan fingerprint density at radius 3 is 1.70 bits per heavy atom. The van der Waals surface area contributed by atoms with Crippen molar-refractivity contribution in [3.8, 4) is 6.07 Å². The number of rotatable bonds is 19. The van der Waals surface area contributed by atoms with Crippen LogP contribution in [0.1, 0.15) is 117 Å². The number of methoxy groups -OCH3 is 1. The number of nitriles is 1. The van der Waals surface area contributed by atoms with E-state index in [4.69, 9.17) is 20.2 Å². The fourth-order valence-corrected chi connectivity index (χ4v) is 2.67. The Morgan fingerprint density at radius 2 is 1.20 bits per heavy atom. The van der Waals surface area contributed by atoms with Crippen molar-refractivity contribution in [1.82, 2.24) is 5.32 Å². The first-order valence-corrected chi connectivity index (χ1v) is 12.5. The molecule has 5 heteroatoms. The van der Waals surface area contributed by atoms with Crippen LogP contribution in [0.25, 0.3) is 0 Å². The van der Waals surface area contributed by atoms with Gasteiger partial charge in [0.05, 0.1) is 6.07 Å². The topological polar surface area (TPSA) is 85.5 Å². The monoisotopic (exact) mass is 432 g/mol. The van der Waals surface area contributed by atoms with E-state index in [0.29, 0.717) is 6.61 Å². The molecule has 0 aliphatic rings. The van der Waals surface area contributed by atoms with Crippen LogP contribution in [0.3, 0.4) is 0 Å². The van der Waals surface area contributed by atoms with E-state index in [9.17, 15) is 0 Å². The fraction of sp³-hybridized carbons (Fsp3) is 0.960. The molecule has 0 saturated carbocycles. The summed E-state index contributed by atoms with van der Waals surface area (Å²) in [7, 11) is 2.76. The lowest BCUT2D eigenvalue weighted by atomic mass is 10.1. The number of nitrogens with zero attached hydrogens (tertiary/aromatic N) is 1. The lowest BCUT2D eigenvalue weighted by molar-refractivity contribution is 0.192. The number of ether oxygens (including phenoxy) is 1. The largest absolute Gasteiger partial charge is 0.400 e. The van der Waals surface area contributed by atoms with Gasteiger partial charge in [0.2, 0.25) is 0 Å². The molecule has 30 heavy (non-hydrogen) atoms. The minimum Gasteiger partial charge on any atom is -0.400 e. The average molecular weight is 433 g/mol. The quantitative estimate of drug-likeness (QED) is 0.211. The summed E-state index contributed by atoms with van der Waals surface area (Å²) in [6.07, 6.45) is 18.2. The molecule has 0 fully saturated rings. The summed E-state index contributed by atoms with van der Waals surface area (Å²) in [5.74, 6) is 0. The Morgan fingerprint density at radius 1 is 0.733 bits per heavy atom. The van der Waals surface area contributed by atoms with E-state index >= 15 is 0 Å². The third-order valence-electron chi connectivity index (χ3n) is 4.36. The molecule has 0 aliphatic carbocycles. The van der Waals surface area contributed by atoms with Crippen LogP contribution in [-0.2, 0) is 4.74 Å². The van der Waals surface area contributed by atoms with E-state index in [1.807, 2.05) is 13.8 Å². The van der Waals surface area contributed by atoms with E-state index in [1.165, 1.54) is 70.6 Å². The molecule has 0 radical (unpaired) electrons. The van der Waals surface area contributed by atoms with E-state index in [0.717, 1.165) is 52.5 Å². The molecule has 0 saturated heterocycles. The number of hydrogen-bond donors (Lipinski definition) is 3. The molecule has 0 rings (SSSR count). The van der Waals surface area contributed by atoms with Crippen molar-refractivity contribution in [3.63, 3.8) is 0 Å². The second-order valence-corrected chi connectivity index (χ2v) is 6.97. The summed E-state index contributed by atoms with van der Waals surface area (Å²) in [6.45, 7) is 9.62. The molecule has 0 aromatic carbocycles. The predicted molar refractivity (Wildman–Crippen MR) is 132 cm³/mol. The van der Waals surface area contributed by atoms with Gasteiger partial charge in [-0.15, -0.1) is 0 Å². The first-order valence-electron chi connectivity index (χ1n) is 12.5. The lowest BCUT2D eigenvalue weighted by Gasteiger charge is -2.04. The maximum Gasteiger partial charge on any atom is 0.0621 e. The highest BCUT2D eigenvalue weighted by Gasteiger charge is 1.91. The number of unbranched alkanes of at least 4 members (excludes halogenated alkanes) is 12. The number of aliphatic hydroxyl groups excluding tert-OH is 2. The Bertz CT molecular complexity index is 260. The van der Waals surface area contributed by atoms with Gasteiger partial charge in [0.1, 0.15) is 0 Å². The Labute approximate surface area is 189 Å². The molecule has 0 aromatic rings. The standard InChI is InChI=1S/C12H27NO2.C10H19N.C2H6.CH4O/c1-15-12-8-4-2-3-5-9-13-10-6-7-11-14;1-2-3-4-5-6-7-8-9-10-11;2*1-2/h13-14H,2-12H2,1H3;2-9H2,1H3;1-2H3;2H,1H3. The SMILES string of the molecule is CC.CCCCCCCCCC#N.CO.COCCCCCCCNCCCCO. The van der Waals surface area contributed by atoms with Crippen molar-refractivity contribution >= 4 is 0 Å². The molecule has 0 spiro atoms. The number of aliphatic hydroxyl groups is 2. The predicted octanol–water partition coefficient (Wildman–Crippen LogP) is 6.23. The first kappa shape index (κ1) is 36.7. The Kier molecular flexibility index (Phi) is 56.9. The molecule has 3 N–H and O–H groups in total. The summed E-state index contributed by atoms with van der Waals surface area (Å²) in [4.78, 5) is 0. The van der Waals surface area contributed by atoms with Crippen LogP contribution in [0.4, 0.5) is 0 Å². The normalized spacial score (nSPS) is 9.27. The van der Waals surface area contributed by atoms with Gasteiger partial charge >= 0.3 is 0 Å². The fourth-order valence-electron chi connectivity index (χ4n) is 2.67. The minimum atomic E-state index is 0.321. The van der Waals surface area contributed by atoms with Crippen molar-refractivity contribution in [1.29, 1.82) is 5.26 Å². The van der Waals surface area contributed by atoms with Crippen LogP contribution in [0.15, 0.2) is 0 Å². The Hall–Kier alpha value is -0.670. The minimum absolute atomic E-state index is 0.321. The smallest absolute Gasteiger partial charge is 0.0621 e. The molecule has 0 atom stereocenters. The molecular formula is C25H56N2O3. The molecule has 0 aromatic heterocycles. The molecule has 5 nitrogen and oxygen atoms in total. The number of nitrogens with one attached hydrogen (secondary N) is 1. The van der Waals surface area contributed by atoms with Gasteiger partial charge in [-0.25, -0.2) is 0 Å². The molecule has 0 unspecified atom stereocenters. The summed E-state index contributed by atoms with van der Waals surface area (Å²) >= 11 is 0. The highest BCUT2D eigenvalue weighted by molar-refractivity contribution is 4.67. The molecule has 0 aliphatic heterocycles. The van der Waals surface area contributed by atoms with Gasteiger partial charge < -0.3 is 20.3 Å². The van der Waals surface area contributed by atoms with Crippen LogP contribution in [-0.4, -0.2) is 50.7 Å². The van der Waals surface area contributed by atoms with Gasteiger partial charge in [-0.3, -0.25) is 0 Å². The van der Waals surface area contributed by atoms with Crippen molar-refractivity contribution in [3.05, 3.63) is 0 Å². The van der Waals surface area contributed by atoms with E-state index < -0.39 is 0 Å². The third-order valence-corrected chi connectivity index (χ3v) is 4.36. The first-order chi connectivity index (χ1) is 14.8. The second kappa shape index (κ2) is 46.5. The maximum absolute atomic E-state index is 8.57. The molecule has 184 valence electrons. The van der Waals surface area contributed by atoms with Crippen LogP contribution in [0.2, 0.25) is 0 Å². The maximum atomic E-state index is 8.57. The average Bonchev–Trinajstić information content (AvgIpc) is 2.80. The van der Waals surface area contributed by atoms with Gasteiger partial charge in [0.25, 0.3) is 0 Å². The van der Waals surface area contributed by atoms with Gasteiger partial charge in [-0.1, -0.05) is 78.6 Å². The van der Waals surface area contributed by atoms with E-state index in [2.05, 4.69) is 18.3 Å². The van der Waals surface area contributed by atoms with Gasteiger partial charge in [0.15, 0.2) is 0 Å². The Balaban J connectivity index is -0.000000199. The molecule has 0 bridgehead atoms. The third kappa shape index (κ3) is 50.7. The van der Waals surface area contributed by atoms with Crippen molar-refractivity contribution in [2.45, 2.75) is 117 Å². The van der Waals surface area contributed by atoms with Crippen LogP contribution in [0, 0.1) is 11.3 Å². The van der Waals surface area contributed by atoms with Gasteiger partial charge in [-0.2, -0.15) is 5.26 Å². The zero-order valence-corrected chi connectivity index (χ0v) is 21.2. The van der Waals surface area contributed by atoms with Gasteiger partial charge in [0, 0.05) is 33.9 Å². The summed E-state index contributed by atoms with van der Waals surface area (Å²) in [6, 6.07) is 2.17. The summed E-state index contributed by atoms with van der Waals surface area (Å²) in [5.41, 5.74) is 0. The highest BCUT2D eigenvalue weighted by Crippen LogP contribution is 2.07. The van der Waals surface area contributed by atoms with Crippen molar-refractivity contribution in [2.24, 2.45) is 0 Å². The van der Waals surface area contributed by atoms with Crippen molar-refractivity contribution < 1.29 is 14.9 Å². The summed E-state index contributed by atoms with van der Waals surface area (Å²) < 4.78 is 4.99. The van der Waals surface area contributed by atoms with Crippen LogP contribution in [0.5, 0.6) is 0 Å². The zero-order chi connectivity index (χ0) is 23.6. The van der Waals surface area contributed by atoms with E-state index in [-0.39, 0.29) is 0 Å². The highest BCUT2D eigenvalue weighted by atomic mass is 16.5. The lowest BCUT2D eigenvalue weighted by Crippen LogP contribution is -2.16. The van der Waals surface area contributed by atoms with Crippen LogP contribution < -0.4 is 5.32 Å². The number of hydrogen-bond acceptors (Lipinski definition) is 5. The molecular weight excluding hydrogens is 376 g/mol. The molecule has 0 heterocycles. The summed E-state index contributed by atoms with van der Waals surface area (Å²) in [5, 5.41) is 27.2. The van der Waals surface area contributed by atoms with Crippen molar-refractivity contribution in [2.75, 3.05) is 40.5 Å². The van der Waals surface area contributed by atoms with Gasteiger partial charge in [-0.05, 0) is 45.2 Å².